The van der Waals surface area contributed by atoms with Gasteiger partial charge in [0.05, 0.1) is 0 Å². The van der Waals surface area contributed by atoms with Crippen molar-refractivity contribution in [3.05, 3.63) is 34.6 Å². The molecule has 1 fully saturated rings. The second-order valence-corrected chi connectivity index (χ2v) is 6.06. The maximum atomic E-state index is 13.8. The zero-order chi connectivity index (χ0) is 13.7. The van der Waals surface area contributed by atoms with Crippen LogP contribution in [0.25, 0.3) is 0 Å². The Morgan fingerprint density at radius 3 is 2.95 bits per heavy atom. The predicted octanol–water partition coefficient (Wildman–Crippen LogP) is 4.58. The van der Waals surface area contributed by atoms with Crippen LogP contribution in [0.5, 0.6) is 0 Å². The fourth-order valence-corrected chi connectivity index (χ4v) is 3.17. The Kier molecular flexibility index (Phi) is 5.65. The van der Waals surface area contributed by atoms with Crippen LogP contribution in [0.3, 0.4) is 0 Å². The summed E-state index contributed by atoms with van der Waals surface area (Å²) < 4.78 is 13.8. The van der Waals surface area contributed by atoms with Gasteiger partial charge in [0.15, 0.2) is 0 Å². The molecule has 0 aromatic heterocycles. The van der Waals surface area contributed by atoms with Crippen LogP contribution in [0.1, 0.15) is 44.6 Å². The van der Waals surface area contributed by atoms with Gasteiger partial charge in [0.25, 0.3) is 0 Å². The van der Waals surface area contributed by atoms with Crippen molar-refractivity contribution in [1.82, 2.24) is 5.32 Å². The van der Waals surface area contributed by atoms with Crippen molar-refractivity contribution in [1.29, 1.82) is 0 Å². The largest absolute Gasteiger partial charge is 0.314 e. The van der Waals surface area contributed by atoms with Crippen molar-refractivity contribution in [3.8, 4) is 0 Å². The van der Waals surface area contributed by atoms with Gasteiger partial charge in [0.2, 0.25) is 0 Å². The molecule has 2 rings (SSSR count). The molecule has 2 unspecified atom stereocenters. The molecular weight excluding hydrogens is 261 g/mol. The molecule has 106 valence electrons. The van der Waals surface area contributed by atoms with Crippen LogP contribution in [0, 0.1) is 11.7 Å². The summed E-state index contributed by atoms with van der Waals surface area (Å²) in [4.78, 5) is 0. The topological polar surface area (TPSA) is 12.0 Å². The Labute approximate surface area is 120 Å². The van der Waals surface area contributed by atoms with Crippen LogP contribution in [-0.2, 0) is 6.42 Å². The van der Waals surface area contributed by atoms with Gasteiger partial charge in [-0.1, -0.05) is 37.4 Å². The number of hydrogen-bond donors (Lipinski definition) is 1. The van der Waals surface area contributed by atoms with E-state index >= 15 is 0 Å². The molecule has 0 aliphatic heterocycles. The maximum absolute atomic E-state index is 13.8. The lowest BCUT2D eigenvalue weighted by molar-refractivity contribution is 0.282. The highest BCUT2D eigenvalue weighted by Crippen LogP contribution is 2.28. The highest BCUT2D eigenvalue weighted by Gasteiger charge is 2.22. The highest BCUT2D eigenvalue weighted by atomic mass is 35.5. The van der Waals surface area contributed by atoms with Gasteiger partial charge in [-0.15, -0.1) is 0 Å². The Bertz CT molecular complexity index is 408. The molecular formula is C16H23ClFN. The van der Waals surface area contributed by atoms with Crippen molar-refractivity contribution in [2.24, 2.45) is 5.92 Å². The fourth-order valence-electron chi connectivity index (χ4n) is 3.01. The van der Waals surface area contributed by atoms with Gasteiger partial charge < -0.3 is 5.32 Å². The highest BCUT2D eigenvalue weighted by molar-refractivity contribution is 6.30. The number of benzene rings is 1. The molecule has 1 aliphatic rings. The van der Waals surface area contributed by atoms with Crippen molar-refractivity contribution in [2.75, 3.05) is 6.54 Å². The SMILES string of the molecule is CCCNC1CCCC(Cc2ccc(Cl)cc2F)C1. The molecule has 1 saturated carbocycles. The first-order chi connectivity index (χ1) is 9.19. The first kappa shape index (κ1) is 14.8. The number of nitrogens with one attached hydrogen (secondary N) is 1. The van der Waals surface area contributed by atoms with E-state index in [1.165, 1.54) is 38.2 Å². The molecule has 3 heteroatoms. The Balaban J connectivity index is 1.91. The number of rotatable bonds is 5. The summed E-state index contributed by atoms with van der Waals surface area (Å²) in [6, 6.07) is 5.66. The molecule has 1 aromatic carbocycles. The van der Waals surface area contributed by atoms with Crippen LogP contribution in [0.2, 0.25) is 5.02 Å². The Morgan fingerprint density at radius 2 is 2.21 bits per heavy atom. The molecule has 1 nitrogen and oxygen atoms in total. The molecule has 0 bridgehead atoms. The van der Waals surface area contributed by atoms with E-state index in [-0.39, 0.29) is 5.82 Å². The monoisotopic (exact) mass is 283 g/mol. The van der Waals surface area contributed by atoms with Crippen molar-refractivity contribution < 1.29 is 4.39 Å². The average Bonchev–Trinajstić information content (AvgIpc) is 2.40. The molecule has 0 radical (unpaired) electrons. The summed E-state index contributed by atoms with van der Waals surface area (Å²) in [5.74, 6) is 0.440. The van der Waals surface area contributed by atoms with Crippen LogP contribution < -0.4 is 5.32 Å². The van der Waals surface area contributed by atoms with E-state index in [4.69, 9.17) is 11.6 Å². The smallest absolute Gasteiger partial charge is 0.127 e. The lowest BCUT2D eigenvalue weighted by Crippen LogP contribution is -2.35. The first-order valence-corrected chi connectivity index (χ1v) is 7.74. The number of halogens is 2. The third-order valence-electron chi connectivity index (χ3n) is 3.99. The van der Waals surface area contributed by atoms with Gasteiger partial charge >= 0.3 is 0 Å². The molecule has 19 heavy (non-hydrogen) atoms. The zero-order valence-electron chi connectivity index (χ0n) is 11.6. The molecule has 1 N–H and O–H groups in total. The van der Waals surface area contributed by atoms with Crippen LogP contribution >= 0.6 is 11.6 Å². The van der Waals surface area contributed by atoms with Gasteiger partial charge in [-0.05, 0) is 55.8 Å². The van der Waals surface area contributed by atoms with Gasteiger partial charge in [-0.3, -0.25) is 0 Å². The molecule has 1 aromatic rings. The van der Waals surface area contributed by atoms with E-state index in [1.54, 1.807) is 6.07 Å². The Morgan fingerprint density at radius 1 is 1.37 bits per heavy atom. The second-order valence-electron chi connectivity index (χ2n) is 5.62. The summed E-state index contributed by atoms with van der Waals surface area (Å²) in [7, 11) is 0. The minimum absolute atomic E-state index is 0.156. The van der Waals surface area contributed by atoms with Crippen molar-refractivity contribution in [3.63, 3.8) is 0 Å². The summed E-state index contributed by atoms with van der Waals surface area (Å²) >= 11 is 5.79. The van der Waals surface area contributed by atoms with E-state index in [1.807, 2.05) is 6.07 Å². The summed E-state index contributed by atoms with van der Waals surface area (Å²) in [5.41, 5.74) is 0.811. The van der Waals surface area contributed by atoms with E-state index in [0.29, 0.717) is 17.0 Å². The Hall–Kier alpha value is -0.600. The third-order valence-corrected chi connectivity index (χ3v) is 4.22. The van der Waals surface area contributed by atoms with Crippen LogP contribution in [0.15, 0.2) is 18.2 Å². The fraction of sp³-hybridized carbons (Fsp3) is 0.625. The molecule has 0 saturated heterocycles. The summed E-state index contributed by atoms with van der Waals surface area (Å²) in [5, 5.41) is 4.07. The normalized spacial score (nSPS) is 23.5. The van der Waals surface area contributed by atoms with E-state index in [9.17, 15) is 4.39 Å². The minimum atomic E-state index is -0.156. The molecule has 1 aliphatic carbocycles. The van der Waals surface area contributed by atoms with Crippen LogP contribution in [0.4, 0.5) is 4.39 Å². The first-order valence-electron chi connectivity index (χ1n) is 7.36. The second kappa shape index (κ2) is 7.25. The van der Waals surface area contributed by atoms with E-state index in [2.05, 4.69) is 12.2 Å². The average molecular weight is 284 g/mol. The summed E-state index contributed by atoms with van der Waals surface area (Å²) in [6.07, 6.45) is 6.91. The third kappa shape index (κ3) is 4.47. The van der Waals surface area contributed by atoms with Gasteiger partial charge in [0.1, 0.15) is 5.82 Å². The summed E-state index contributed by atoms with van der Waals surface area (Å²) in [6.45, 7) is 3.28. The minimum Gasteiger partial charge on any atom is -0.314 e. The number of hydrogen-bond acceptors (Lipinski definition) is 1. The van der Waals surface area contributed by atoms with E-state index < -0.39 is 0 Å². The molecule has 0 amide bonds. The lowest BCUT2D eigenvalue weighted by Gasteiger charge is -2.30. The predicted molar refractivity (Wildman–Crippen MR) is 79.2 cm³/mol. The van der Waals surface area contributed by atoms with Gasteiger partial charge in [-0.25, -0.2) is 4.39 Å². The quantitative estimate of drug-likeness (QED) is 0.834. The van der Waals surface area contributed by atoms with Crippen LogP contribution in [-0.4, -0.2) is 12.6 Å². The molecule has 0 heterocycles. The van der Waals surface area contributed by atoms with Gasteiger partial charge in [-0.2, -0.15) is 0 Å². The maximum Gasteiger partial charge on any atom is 0.127 e. The van der Waals surface area contributed by atoms with Crippen molar-refractivity contribution >= 4 is 11.6 Å². The standard InChI is InChI=1S/C16H23ClFN/c1-2-8-19-15-5-3-4-12(10-15)9-13-6-7-14(17)11-16(13)18/h6-7,11-12,15,19H,2-5,8-10H2,1H3. The molecule has 0 spiro atoms. The lowest BCUT2D eigenvalue weighted by atomic mass is 9.82. The van der Waals surface area contributed by atoms with Gasteiger partial charge in [0, 0.05) is 11.1 Å². The van der Waals surface area contributed by atoms with Crippen molar-refractivity contribution in [2.45, 2.75) is 51.5 Å². The molecule has 2 atom stereocenters. The zero-order valence-corrected chi connectivity index (χ0v) is 12.3. The van der Waals surface area contributed by atoms with E-state index in [0.717, 1.165) is 18.5 Å².